The van der Waals surface area contributed by atoms with Gasteiger partial charge in [0, 0.05) is 24.3 Å². The fourth-order valence-electron chi connectivity index (χ4n) is 2.60. The van der Waals surface area contributed by atoms with Crippen LogP contribution in [0.15, 0.2) is 30.4 Å². The first-order chi connectivity index (χ1) is 10.1. The highest BCUT2D eigenvalue weighted by Crippen LogP contribution is 2.43. The number of carbonyl (C=O) groups excluding carboxylic acids is 1. The van der Waals surface area contributed by atoms with Crippen LogP contribution < -0.4 is 0 Å². The average Bonchev–Trinajstić information content (AvgIpc) is 3.05. The van der Waals surface area contributed by atoms with Gasteiger partial charge in [-0.25, -0.2) is 9.78 Å². The molecule has 0 spiro atoms. The molecule has 0 aliphatic carbocycles. The van der Waals surface area contributed by atoms with Gasteiger partial charge in [0.1, 0.15) is 11.4 Å². The lowest BCUT2D eigenvalue weighted by atomic mass is 10.0. The standard InChI is InChI=1S/C13H10N4O3S/c18-11-8(12-17(11)9(6-21-12)13(19)20)3-7-5-16-2-1-14-4-10(16)15-7/h1-5,9,12H,6H2,(H,19,20)/t9?,12-/m1/s1. The van der Waals surface area contributed by atoms with Crippen LogP contribution in [0, 0.1) is 0 Å². The first kappa shape index (κ1) is 12.4. The molecule has 2 aromatic heterocycles. The van der Waals surface area contributed by atoms with Gasteiger partial charge in [0.05, 0.1) is 17.5 Å². The molecule has 7 nitrogen and oxygen atoms in total. The summed E-state index contributed by atoms with van der Waals surface area (Å²) < 4.78 is 1.82. The van der Waals surface area contributed by atoms with E-state index in [0.717, 1.165) is 0 Å². The highest BCUT2D eigenvalue weighted by Gasteiger charge is 2.53. The Labute approximate surface area is 123 Å². The Kier molecular flexibility index (Phi) is 2.55. The minimum absolute atomic E-state index is 0.165. The van der Waals surface area contributed by atoms with E-state index in [4.69, 9.17) is 5.11 Å². The zero-order valence-electron chi connectivity index (χ0n) is 10.7. The molecular formula is C13H10N4O3S. The molecule has 2 aromatic rings. The molecule has 1 amide bonds. The number of β-lactam (4-membered cyclic amide) rings is 1. The molecule has 1 N–H and O–H groups in total. The summed E-state index contributed by atoms with van der Waals surface area (Å²) in [6.45, 7) is 0. The summed E-state index contributed by atoms with van der Waals surface area (Å²) in [6, 6.07) is -0.713. The van der Waals surface area contributed by atoms with Crippen LogP contribution in [0.3, 0.4) is 0 Å². The van der Waals surface area contributed by atoms with E-state index in [1.54, 1.807) is 24.7 Å². The minimum atomic E-state index is -0.948. The maximum Gasteiger partial charge on any atom is 0.327 e. The number of amides is 1. The van der Waals surface area contributed by atoms with Gasteiger partial charge in [0.25, 0.3) is 5.91 Å². The largest absolute Gasteiger partial charge is 0.480 e. The Bertz CT molecular complexity index is 767. The summed E-state index contributed by atoms with van der Waals surface area (Å²) in [6.07, 6.45) is 8.62. The van der Waals surface area contributed by atoms with Crippen LogP contribution in [-0.4, -0.2) is 53.4 Å². The lowest BCUT2D eigenvalue weighted by molar-refractivity contribution is -0.150. The van der Waals surface area contributed by atoms with Gasteiger partial charge in [0.2, 0.25) is 0 Å². The maximum absolute atomic E-state index is 12.1. The molecule has 4 heterocycles. The van der Waals surface area contributed by atoms with Crippen LogP contribution in [0.5, 0.6) is 0 Å². The number of imidazole rings is 1. The van der Waals surface area contributed by atoms with E-state index in [2.05, 4.69) is 9.97 Å². The number of nitrogens with zero attached hydrogens (tertiary/aromatic N) is 4. The summed E-state index contributed by atoms with van der Waals surface area (Å²) in [5, 5.41) is 8.91. The van der Waals surface area contributed by atoms with E-state index in [1.165, 1.54) is 16.7 Å². The molecule has 0 radical (unpaired) electrons. The number of thioether (sulfide) groups is 1. The van der Waals surface area contributed by atoms with Gasteiger partial charge in [-0.2, -0.15) is 0 Å². The van der Waals surface area contributed by atoms with Crippen LogP contribution in [-0.2, 0) is 9.59 Å². The lowest BCUT2D eigenvalue weighted by Crippen LogP contribution is -2.56. The van der Waals surface area contributed by atoms with E-state index < -0.39 is 12.0 Å². The van der Waals surface area contributed by atoms with Crippen LogP contribution in [0.2, 0.25) is 0 Å². The molecule has 2 aliphatic rings. The number of rotatable bonds is 2. The molecule has 21 heavy (non-hydrogen) atoms. The zero-order valence-corrected chi connectivity index (χ0v) is 11.5. The number of hydrogen-bond acceptors (Lipinski definition) is 5. The Morgan fingerprint density at radius 3 is 3.14 bits per heavy atom. The highest BCUT2D eigenvalue weighted by atomic mass is 32.2. The molecule has 0 bridgehead atoms. The van der Waals surface area contributed by atoms with Gasteiger partial charge in [-0.05, 0) is 6.08 Å². The van der Waals surface area contributed by atoms with E-state index in [0.29, 0.717) is 22.7 Å². The monoisotopic (exact) mass is 302 g/mol. The first-order valence-electron chi connectivity index (χ1n) is 6.32. The Morgan fingerprint density at radius 2 is 2.38 bits per heavy atom. The summed E-state index contributed by atoms with van der Waals surface area (Å²) in [7, 11) is 0. The second-order valence-electron chi connectivity index (χ2n) is 4.86. The zero-order chi connectivity index (χ0) is 14.6. The van der Waals surface area contributed by atoms with Crippen molar-refractivity contribution < 1.29 is 14.7 Å². The predicted molar refractivity (Wildman–Crippen MR) is 75.5 cm³/mol. The third kappa shape index (κ3) is 1.75. The van der Waals surface area contributed by atoms with E-state index >= 15 is 0 Å². The predicted octanol–water partition coefficient (Wildman–Crippen LogP) is 0.481. The Hall–Kier alpha value is -2.35. The Morgan fingerprint density at radius 1 is 1.52 bits per heavy atom. The van der Waals surface area contributed by atoms with E-state index in [9.17, 15) is 9.59 Å². The number of fused-ring (bicyclic) bond motifs is 2. The number of hydrogen-bond donors (Lipinski definition) is 1. The number of carboxylic acid groups (broad SMARTS) is 1. The smallest absolute Gasteiger partial charge is 0.327 e. The molecule has 2 fully saturated rings. The molecule has 2 saturated heterocycles. The van der Waals surface area contributed by atoms with Crippen molar-refractivity contribution in [2.24, 2.45) is 0 Å². The lowest BCUT2D eigenvalue weighted by Gasteiger charge is -2.38. The molecule has 1 unspecified atom stereocenters. The van der Waals surface area contributed by atoms with E-state index in [1.807, 2.05) is 10.6 Å². The van der Waals surface area contributed by atoms with Crippen LogP contribution >= 0.6 is 11.8 Å². The van der Waals surface area contributed by atoms with Gasteiger partial charge >= 0.3 is 5.97 Å². The fraction of sp³-hybridized carbons (Fsp3) is 0.231. The van der Waals surface area contributed by atoms with Crippen molar-refractivity contribution in [2.75, 3.05) is 5.75 Å². The third-order valence-electron chi connectivity index (χ3n) is 3.62. The summed E-state index contributed by atoms with van der Waals surface area (Å²) in [5.74, 6) is -0.734. The average molecular weight is 302 g/mol. The number of aromatic nitrogens is 3. The molecular weight excluding hydrogens is 292 g/mol. The van der Waals surface area contributed by atoms with Gasteiger partial charge in [-0.15, -0.1) is 11.8 Å². The molecule has 2 atom stereocenters. The quantitative estimate of drug-likeness (QED) is 0.641. The van der Waals surface area contributed by atoms with Crippen LogP contribution in [0.25, 0.3) is 11.7 Å². The number of carboxylic acids is 1. The molecule has 0 saturated carbocycles. The Balaban J connectivity index is 1.66. The molecule has 106 valence electrons. The van der Waals surface area contributed by atoms with Crippen molar-refractivity contribution >= 4 is 35.4 Å². The molecule has 2 aliphatic heterocycles. The normalized spacial score (nSPS) is 26.2. The number of carbonyl (C=O) groups is 2. The number of aliphatic carboxylic acids is 1. The summed E-state index contributed by atoms with van der Waals surface area (Å²) in [5.41, 5.74) is 1.99. The summed E-state index contributed by atoms with van der Waals surface area (Å²) >= 11 is 1.48. The fourth-order valence-corrected chi connectivity index (χ4v) is 4.02. The minimum Gasteiger partial charge on any atom is -0.480 e. The topological polar surface area (TPSA) is 87.8 Å². The second-order valence-corrected chi connectivity index (χ2v) is 5.97. The molecule has 4 rings (SSSR count). The van der Waals surface area contributed by atoms with Gasteiger partial charge < -0.3 is 14.4 Å². The van der Waals surface area contributed by atoms with Crippen molar-refractivity contribution in [3.63, 3.8) is 0 Å². The van der Waals surface area contributed by atoms with Gasteiger partial charge in [-0.1, -0.05) is 0 Å². The second kappa shape index (κ2) is 4.32. The molecule has 8 heteroatoms. The van der Waals surface area contributed by atoms with Crippen LogP contribution in [0.4, 0.5) is 0 Å². The summed E-state index contributed by atoms with van der Waals surface area (Å²) in [4.78, 5) is 33.0. The van der Waals surface area contributed by atoms with Gasteiger partial charge in [-0.3, -0.25) is 9.78 Å². The SMILES string of the molecule is O=C(O)C1CS[C@@H]2C(=Cc3cn4ccncc4n3)C(=O)N12. The maximum atomic E-state index is 12.1. The van der Waals surface area contributed by atoms with Crippen molar-refractivity contribution in [3.05, 3.63) is 36.1 Å². The van der Waals surface area contributed by atoms with Crippen molar-refractivity contribution in [1.82, 2.24) is 19.3 Å². The molecule has 0 aromatic carbocycles. The highest BCUT2D eigenvalue weighted by molar-refractivity contribution is 8.00. The van der Waals surface area contributed by atoms with Crippen molar-refractivity contribution in [3.8, 4) is 0 Å². The third-order valence-corrected chi connectivity index (χ3v) is 4.92. The van der Waals surface area contributed by atoms with Crippen LogP contribution in [0.1, 0.15) is 5.69 Å². The van der Waals surface area contributed by atoms with E-state index in [-0.39, 0.29) is 11.3 Å². The van der Waals surface area contributed by atoms with Gasteiger partial charge in [0.15, 0.2) is 5.65 Å². The van der Waals surface area contributed by atoms with Crippen molar-refractivity contribution in [1.29, 1.82) is 0 Å². The first-order valence-corrected chi connectivity index (χ1v) is 7.37. The van der Waals surface area contributed by atoms with Crippen molar-refractivity contribution in [2.45, 2.75) is 11.4 Å².